The molecule has 0 bridgehead atoms. The Morgan fingerprint density at radius 3 is 2.50 bits per heavy atom. The Bertz CT molecular complexity index is 515. The Morgan fingerprint density at radius 2 is 2.05 bits per heavy atom. The number of nitrogens with one attached hydrogen (secondary N) is 1. The molecule has 0 aliphatic heterocycles. The molecule has 110 valence electrons. The molecule has 0 heterocycles. The van der Waals surface area contributed by atoms with Crippen molar-refractivity contribution in [2.24, 2.45) is 0 Å². The second-order valence-corrected chi connectivity index (χ2v) is 4.72. The fourth-order valence-electron chi connectivity index (χ4n) is 2.02. The largest absolute Gasteiger partial charge is 0.405 e. The van der Waals surface area contributed by atoms with Crippen LogP contribution in [0.1, 0.15) is 12.8 Å². The topological polar surface area (TPSA) is 58.4 Å². The van der Waals surface area contributed by atoms with Crippen LogP contribution in [-0.2, 0) is 0 Å². The highest BCUT2D eigenvalue weighted by molar-refractivity contribution is 5.65. The summed E-state index contributed by atoms with van der Waals surface area (Å²) < 4.78 is 37.9. The minimum absolute atomic E-state index is 0.191. The van der Waals surface area contributed by atoms with Crippen molar-refractivity contribution >= 4 is 17.1 Å². The van der Waals surface area contributed by atoms with Gasteiger partial charge >= 0.3 is 6.18 Å². The number of non-ortho nitro benzene ring substituents is 1. The molecule has 1 aliphatic rings. The lowest BCUT2D eigenvalue weighted by atomic mass is 10.2. The fraction of sp³-hybridized carbons (Fsp3) is 0.500. The Hall–Kier alpha value is -1.99. The number of hydrogen-bond acceptors (Lipinski definition) is 4. The van der Waals surface area contributed by atoms with Crippen LogP contribution in [0.5, 0.6) is 0 Å². The van der Waals surface area contributed by atoms with Crippen LogP contribution in [0, 0.1) is 10.1 Å². The van der Waals surface area contributed by atoms with E-state index in [1.54, 1.807) is 7.05 Å². The summed E-state index contributed by atoms with van der Waals surface area (Å²) >= 11 is 0. The first kappa shape index (κ1) is 14.4. The fourth-order valence-corrected chi connectivity index (χ4v) is 2.02. The standard InChI is InChI=1S/C12H14F3N3O2/c1-16-8-4-10(6-11(5-8)18(19)20)17(9-2-3-9)7-12(13,14)15/h4-6,9,16H,2-3,7H2,1H3. The summed E-state index contributed by atoms with van der Waals surface area (Å²) in [7, 11) is 1.56. The van der Waals surface area contributed by atoms with E-state index in [9.17, 15) is 23.3 Å². The van der Waals surface area contributed by atoms with Gasteiger partial charge in [0.25, 0.3) is 5.69 Å². The molecule has 5 nitrogen and oxygen atoms in total. The third kappa shape index (κ3) is 3.52. The molecule has 0 aromatic heterocycles. The van der Waals surface area contributed by atoms with Crippen LogP contribution in [0.25, 0.3) is 0 Å². The summed E-state index contributed by atoms with van der Waals surface area (Å²) in [6.45, 7) is -1.10. The minimum Gasteiger partial charge on any atom is -0.388 e. The molecule has 0 amide bonds. The average molecular weight is 289 g/mol. The molecule has 1 fully saturated rings. The van der Waals surface area contributed by atoms with Crippen LogP contribution in [-0.4, -0.2) is 30.7 Å². The Kier molecular flexibility index (Phi) is 3.74. The predicted molar refractivity (Wildman–Crippen MR) is 69.1 cm³/mol. The van der Waals surface area contributed by atoms with E-state index in [2.05, 4.69) is 5.32 Å². The van der Waals surface area contributed by atoms with Gasteiger partial charge in [0.15, 0.2) is 0 Å². The van der Waals surface area contributed by atoms with Gasteiger partial charge in [-0.25, -0.2) is 0 Å². The monoisotopic (exact) mass is 289 g/mol. The molecular weight excluding hydrogens is 275 g/mol. The van der Waals surface area contributed by atoms with E-state index in [-0.39, 0.29) is 17.4 Å². The van der Waals surface area contributed by atoms with Gasteiger partial charge in [-0.05, 0) is 18.9 Å². The highest BCUT2D eigenvalue weighted by Gasteiger charge is 2.38. The van der Waals surface area contributed by atoms with Gasteiger partial charge in [0, 0.05) is 36.6 Å². The number of nitro groups is 1. The van der Waals surface area contributed by atoms with Crippen LogP contribution >= 0.6 is 0 Å². The number of nitrogens with zero attached hydrogens (tertiary/aromatic N) is 2. The summed E-state index contributed by atoms with van der Waals surface area (Å²) in [6.07, 6.45) is -2.99. The van der Waals surface area contributed by atoms with Crippen LogP contribution in [0.4, 0.5) is 30.2 Å². The third-order valence-electron chi connectivity index (χ3n) is 3.07. The molecule has 0 saturated heterocycles. The molecule has 0 spiro atoms. The lowest BCUT2D eigenvalue weighted by molar-refractivity contribution is -0.384. The number of benzene rings is 1. The molecule has 1 saturated carbocycles. The molecular formula is C12H14F3N3O2. The lowest BCUT2D eigenvalue weighted by Crippen LogP contribution is -2.36. The zero-order valence-corrected chi connectivity index (χ0v) is 10.8. The number of nitro benzene ring substituents is 1. The summed E-state index contributed by atoms with van der Waals surface area (Å²) in [4.78, 5) is 11.4. The van der Waals surface area contributed by atoms with Gasteiger partial charge in [-0.2, -0.15) is 13.2 Å². The van der Waals surface area contributed by atoms with E-state index >= 15 is 0 Å². The van der Waals surface area contributed by atoms with Crippen LogP contribution in [0.2, 0.25) is 0 Å². The molecule has 1 aliphatic carbocycles. The van der Waals surface area contributed by atoms with Gasteiger partial charge in [-0.1, -0.05) is 0 Å². The second-order valence-electron chi connectivity index (χ2n) is 4.72. The molecule has 1 aromatic rings. The van der Waals surface area contributed by atoms with E-state index in [4.69, 9.17) is 0 Å². The van der Waals surface area contributed by atoms with E-state index in [1.165, 1.54) is 23.1 Å². The summed E-state index contributed by atoms with van der Waals surface area (Å²) in [6, 6.07) is 3.78. The van der Waals surface area contributed by atoms with Gasteiger partial charge < -0.3 is 10.2 Å². The van der Waals surface area contributed by atoms with Crippen LogP contribution < -0.4 is 10.2 Å². The van der Waals surface area contributed by atoms with Crippen LogP contribution in [0.15, 0.2) is 18.2 Å². The summed E-state index contributed by atoms with van der Waals surface area (Å²) in [5.74, 6) is 0. The maximum absolute atomic E-state index is 12.6. The van der Waals surface area contributed by atoms with Crippen molar-refractivity contribution in [3.63, 3.8) is 0 Å². The van der Waals surface area contributed by atoms with E-state index in [0.29, 0.717) is 18.5 Å². The van der Waals surface area contributed by atoms with Crippen molar-refractivity contribution in [3.05, 3.63) is 28.3 Å². The molecule has 0 atom stereocenters. The molecule has 0 radical (unpaired) electrons. The maximum Gasteiger partial charge on any atom is 0.405 e. The quantitative estimate of drug-likeness (QED) is 0.668. The highest BCUT2D eigenvalue weighted by atomic mass is 19.4. The average Bonchev–Trinajstić information content (AvgIpc) is 3.18. The Labute approximate surface area is 113 Å². The maximum atomic E-state index is 12.6. The molecule has 1 N–H and O–H groups in total. The van der Waals surface area contributed by atoms with Crippen molar-refractivity contribution in [1.82, 2.24) is 0 Å². The minimum atomic E-state index is -4.34. The zero-order valence-electron chi connectivity index (χ0n) is 10.8. The molecule has 20 heavy (non-hydrogen) atoms. The SMILES string of the molecule is CNc1cc(N(CC(F)(F)F)C2CC2)cc([N+](=O)[O-])c1. The van der Waals surface area contributed by atoms with Gasteiger partial charge in [-0.15, -0.1) is 0 Å². The van der Waals surface area contributed by atoms with Gasteiger partial charge in [0.1, 0.15) is 6.54 Å². The number of hydrogen-bond donors (Lipinski definition) is 1. The van der Waals surface area contributed by atoms with E-state index < -0.39 is 17.6 Å². The van der Waals surface area contributed by atoms with E-state index in [0.717, 1.165) is 0 Å². The molecule has 8 heteroatoms. The highest BCUT2D eigenvalue weighted by Crippen LogP contribution is 2.37. The molecule has 2 rings (SSSR count). The van der Waals surface area contributed by atoms with Crippen molar-refractivity contribution in [3.8, 4) is 0 Å². The van der Waals surface area contributed by atoms with E-state index in [1.807, 2.05) is 0 Å². The van der Waals surface area contributed by atoms with Gasteiger partial charge in [-0.3, -0.25) is 10.1 Å². The Morgan fingerprint density at radius 1 is 1.40 bits per heavy atom. The lowest BCUT2D eigenvalue weighted by Gasteiger charge is -2.26. The van der Waals surface area contributed by atoms with Crippen molar-refractivity contribution in [1.29, 1.82) is 0 Å². The number of halogens is 3. The normalized spacial score (nSPS) is 15.0. The summed E-state index contributed by atoms with van der Waals surface area (Å²) in [5, 5.41) is 13.6. The van der Waals surface area contributed by atoms with Crippen molar-refractivity contribution in [2.45, 2.75) is 25.1 Å². The zero-order chi connectivity index (χ0) is 14.9. The van der Waals surface area contributed by atoms with Crippen molar-refractivity contribution < 1.29 is 18.1 Å². The number of alkyl halides is 3. The number of anilines is 2. The Balaban J connectivity index is 2.36. The predicted octanol–water partition coefficient (Wildman–Crippen LogP) is 3.17. The first-order chi connectivity index (χ1) is 9.30. The molecule has 0 unspecified atom stereocenters. The smallest absolute Gasteiger partial charge is 0.388 e. The van der Waals surface area contributed by atoms with Crippen LogP contribution in [0.3, 0.4) is 0 Å². The third-order valence-corrected chi connectivity index (χ3v) is 3.07. The van der Waals surface area contributed by atoms with Gasteiger partial charge in [0.2, 0.25) is 0 Å². The molecule has 1 aromatic carbocycles. The number of rotatable bonds is 5. The first-order valence-corrected chi connectivity index (χ1v) is 6.11. The second kappa shape index (κ2) is 5.18. The van der Waals surface area contributed by atoms with Gasteiger partial charge in [0.05, 0.1) is 4.92 Å². The summed E-state index contributed by atoms with van der Waals surface area (Å²) in [5.41, 5.74) is 0.421. The van der Waals surface area contributed by atoms with Crippen molar-refractivity contribution in [2.75, 3.05) is 23.8 Å². The first-order valence-electron chi connectivity index (χ1n) is 6.11.